The lowest BCUT2D eigenvalue weighted by Gasteiger charge is -2.34. The van der Waals surface area contributed by atoms with Gasteiger partial charge in [0.05, 0.1) is 19.1 Å². The van der Waals surface area contributed by atoms with E-state index in [-0.39, 0.29) is 55.9 Å². The van der Waals surface area contributed by atoms with Gasteiger partial charge >= 0.3 is 6.03 Å². The molecule has 3 aliphatic rings. The second-order valence-electron chi connectivity index (χ2n) is 12.0. The number of amides is 3. The molecule has 3 atom stereocenters. The Bertz CT molecular complexity index is 1250. The van der Waals surface area contributed by atoms with Crippen LogP contribution in [0.2, 0.25) is 0 Å². The fraction of sp³-hybridized carbons (Fsp3) is 0.562. The fourth-order valence-corrected chi connectivity index (χ4v) is 6.05. The molecule has 2 aliphatic heterocycles. The molecule has 1 fully saturated rings. The van der Waals surface area contributed by atoms with Crippen LogP contribution in [0.5, 0.6) is 17.2 Å². The number of carbonyl (C=O) groups excluding carboxylic acids is 2. The van der Waals surface area contributed by atoms with Gasteiger partial charge in [0.25, 0.3) is 0 Å². The molecule has 5 rings (SSSR count). The Morgan fingerprint density at radius 2 is 1.86 bits per heavy atom. The summed E-state index contributed by atoms with van der Waals surface area (Å²) in [5, 5.41) is 16.0. The van der Waals surface area contributed by atoms with Crippen LogP contribution in [0.25, 0.3) is 0 Å². The highest BCUT2D eigenvalue weighted by molar-refractivity contribution is 5.90. The molecule has 0 bridgehead atoms. The van der Waals surface area contributed by atoms with Gasteiger partial charge in [-0.3, -0.25) is 9.69 Å². The molecule has 2 aromatic carbocycles. The minimum Gasteiger partial charge on any atom is -0.488 e. The number of hydrogen-bond donors (Lipinski definition) is 3. The van der Waals surface area contributed by atoms with E-state index < -0.39 is 0 Å². The van der Waals surface area contributed by atoms with E-state index in [2.05, 4.69) is 22.5 Å². The average Bonchev–Trinajstić information content (AvgIpc) is 3.45. The first-order valence-corrected chi connectivity index (χ1v) is 15.1. The predicted molar refractivity (Wildman–Crippen MR) is 160 cm³/mol. The molecule has 3 amide bonds. The van der Waals surface area contributed by atoms with E-state index >= 15 is 0 Å². The SMILES string of the molecule is C[C@@H]1CN([C@@H](C)CO)C(=O)Cc2cc(NC(=O)NC3CCCCC3)ccc2O[C@@H]1CN(C)Cc1ccc2c(c1)OCO2. The molecule has 0 spiro atoms. The number of aliphatic hydroxyl groups excluding tert-OH is 1. The van der Waals surface area contributed by atoms with Gasteiger partial charge in [0, 0.05) is 42.8 Å². The number of urea groups is 1. The van der Waals surface area contributed by atoms with Crippen molar-refractivity contribution in [3.05, 3.63) is 47.5 Å². The molecule has 0 unspecified atom stereocenters. The van der Waals surface area contributed by atoms with Crippen molar-refractivity contribution in [3.63, 3.8) is 0 Å². The van der Waals surface area contributed by atoms with Crippen molar-refractivity contribution >= 4 is 17.6 Å². The van der Waals surface area contributed by atoms with Crippen molar-refractivity contribution in [2.24, 2.45) is 5.92 Å². The van der Waals surface area contributed by atoms with Gasteiger partial charge in [0.2, 0.25) is 12.7 Å². The number of carbonyl (C=O) groups is 2. The van der Waals surface area contributed by atoms with Crippen LogP contribution < -0.4 is 24.8 Å². The first-order valence-electron chi connectivity index (χ1n) is 15.1. The lowest BCUT2D eigenvalue weighted by atomic mass is 9.96. The normalized spacial score (nSPS) is 21.5. The largest absolute Gasteiger partial charge is 0.488 e. The van der Waals surface area contributed by atoms with Gasteiger partial charge in [0.1, 0.15) is 11.9 Å². The number of nitrogens with one attached hydrogen (secondary N) is 2. The van der Waals surface area contributed by atoms with Crippen molar-refractivity contribution in [1.29, 1.82) is 0 Å². The van der Waals surface area contributed by atoms with Crippen LogP contribution in [-0.4, -0.2) is 78.6 Å². The summed E-state index contributed by atoms with van der Waals surface area (Å²) < 4.78 is 17.6. The first kappa shape index (κ1) is 30.0. The summed E-state index contributed by atoms with van der Waals surface area (Å²) >= 11 is 0. The minimum atomic E-state index is -0.323. The van der Waals surface area contributed by atoms with E-state index in [1.54, 1.807) is 4.90 Å². The highest BCUT2D eigenvalue weighted by atomic mass is 16.7. The van der Waals surface area contributed by atoms with Crippen molar-refractivity contribution in [1.82, 2.24) is 15.1 Å². The second kappa shape index (κ2) is 13.6. The summed E-state index contributed by atoms with van der Waals surface area (Å²) in [5.74, 6) is 2.06. The topological polar surface area (TPSA) is 113 Å². The van der Waals surface area contributed by atoms with Crippen molar-refractivity contribution < 1.29 is 28.9 Å². The molecule has 2 aromatic rings. The lowest BCUT2D eigenvalue weighted by Crippen LogP contribution is -2.47. The number of likely N-dealkylation sites (N-methyl/N-ethyl adjacent to an activating group) is 1. The number of aliphatic hydroxyl groups is 1. The van der Waals surface area contributed by atoms with E-state index in [4.69, 9.17) is 14.2 Å². The molecule has 3 N–H and O–H groups in total. The Hall–Kier alpha value is -3.50. The monoisotopic (exact) mass is 580 g/mol. The van der Waals surface area contributed by atoms with Crippen LogP contribution in [0.1, 0.15) is 57.1 Å². The number of nitrogens with zero attached hydrogens (tertiary/aromatic N) is 2. The molecule has 0 saturated heterocycles. The highest BCUT2D eigenvalue weighted by Crippen LogP contribution is 2.33. The van der Waals surface area contributed by atoms with Crippen LogP contribution in [0, 0.1) is 5.92 Å². The number of fused-ring (bicyclic) bond motifs is 2. The van der Waals surface area contributed by atoms with Gasteiger partial charge in [-0.15, -0.1) is 0 Å². The van der Waals surface area contributed by atoms with Crippen LogP contribution in [0.4, 0.5) is 10.5 Å². The maximum absolute atomic E-state index is 13.5. The third-order valence-corrected chi connectivity index (χ3v) is 8.50. The van der Waals surface area contributed by atoms with E-state index in [0.717, 1.165) is 42.7 Å². The van der Waals surface area contributed by atoms with Crippen LogP contribution in [0.15, 0.2) is 36.4 Å². The minimum absolute atomic E-state index is 0.00724. The molecule has 0 aromatic heterocycles. The summed E-state index contributed by atoms with van der Waals surface area (Å²) in [5.41, 5.74) is 2.43. The zero-order chi connectivity index (χ0) is 29.6. The number of ether oxygens (including phenoxy) is 3. The summed E-state index contributed by atoms with van der Waals surface area (Å²) in [4.78, 5) is 30.2. The summed E-state index contributed by atoms with van der Waals surface area (Å²) in [7, 11) is 2.05. The summed E-state index contributed by atoms with van der Waals surface area (Å²) in [6, 6.07) is 11.1. The molecular weight excluding hydrogens is 536 g/mol. The van der Waals surface area contributed by atoms with Crippen molar-refractivity contribution in [2.75, 3.05) is 38.9 Å². The Morgan fingerprint density at radius 3 is 2.64 bits per heavy atom. The van der Waals surface area contributed by atoms with Crippen molar-refractivity contribution in [3.8, 4) is 17.2 Å². The molecule has 2 heterocycles. The van der Waals surface area contributed by atoms with Gasteiger partial charge in [-0.05, 0) is 62.7 Å². The maximum atomic E-state index is 13.5. The third-order valence-electron chi connectivity index (χ3n) is 8.50. The molecule has 1 aliphatic carbocycles. The Morgan fingerprint density at radius 1 is 1.10 bits per heavy atom. The molecule has 42 heavy (non-hydrogen) atoms. The second-order valence-corrected chi connectivity index (χ2v) is 12.0. The van der Waals surface area contributed by atoms with E-state index in [9.17, 15) is 14.7 Å². The van der Waals surface area contributed by atoms with Gasteiger partial charge in [-0.1, -0.05) is 32.3 Å². The predicted octanol–water partition coefficient (Wildman–Crippen LogP) is 4.15. The summed E-state index contributed by atoms with van der Waals surface area (Å²) in [6.45, 7) is 5.83. The number of benzene rings is 2. The smallest absolute Gasteiger partial charge is 0.319 e. The van der Waals surface area contributed by atoms with Gasteiger partial charge in [-0.25, -0.2) is 4.79 Å². The first-order chi connectivity index (χ1) is 20.3. The summed E-state index contributed by atoms with van der Waals surface area (Å²) in [6.07, 6.45) is 5.39. The van der Waals surface area contributed by atoms with Crippen LogP contribution in [-0.2, 0) is 17.8 Å². The molecule has 10 heteroatoms. The van der Waals surface area contributed by atoms with E-state index in [1.807, 2.05) is 50.4 Å². The van der Waals surface area contributed by atoms with E-state index in [1.165, 1.54) is 6.42 Å². The van der Waals surface area contributed by atoms with Gasteiger partial charge in [0.15, 0.2) is 11.5 Å². The standard InChI is InChI=1S/C32H44N4O6/c1-21-16-36(22(2)19-37)31(38)15-24-14-26(34-32(39)33-25-7-5-4-6-8-25)10-12-27(24)42-30(21)18-35(3)17-23-9-11-28-29(13-23)41-20-40-28/h9-14,21-22,25,30,37H,4-8,15-20H2,1-3H3,(H2,33,34,39)/t21-,22+,30-/m1/s1. The molecule has 228 valence electrons. The van der Waals surface area contributed by atoms with Gasteiger partial charge in [-0.2, -0.15) is 0 Å². The molecule has 1 saturated carbocycles. The van der Waals surface area contributed by atoms with Crippen LogP contribution in [0.3, 0.4) is 0 Å². The van der Waals surface area contributed by atoms with Crippen molar-refractivity contribution in [2.45, 2.75) is 77.1 Å². The zero-order valence-electron chi connectivity index (χ0n) is 24.9. The van der Waals surface area contributed by atoms with Gasteiger partial charge < -0.3 is 34.9 Å². The number of hydrogen-bond acceptors (Lipinski definition) is 7. The quantitative estimate of drug-likeness (QED) is 0.430. The average molecular weight is 581 g/mol. The number of rotatable bonds is 8. The highest BCUT2D eigenvalue weighted by Gasteiger charge is 2.31. The Kier molecular flexibility index (Phi) is 9.74. The lowest BCUT2D eigenvalue weighted by molar-refractivity contribution is -0.134. The van der Waals surface area contributed by atoms with Crippen LogP contribution >= 0.6 is 0 Å². The molecular formula is C32H44N4O6. The van der Waals surface area contributed by atoms with E-state index in [0.29, 0.717) is 36.6 Å². The number of anilines is 1. The molecule has 10 nitrogen and oxygen atoms in total. The Balaban J connectivity index is 1.33. The fourth-order valence-electron chi connectivity index (χ4n) is 6.05. The maximum Gasteiger partial charge on any atom is 0.319 e. The third kappa shape index (κ3) is 7.46. The molecule has 0 radical (unpaired) electrons. The zero-order valence-corrected chi connectivity index (χ0v) is 24.9. The Labute approximate surface area is 248 Å².